The Labute approximate surface area is 107 Å². The van der Waals surface area contributed by atoms with Gasteiger partial charge in [-0.25, -0.2) is 0 Å². The number of hydrogen-bond acceptors (Lipinski definition) is 3. The van der Waals surface area contributed by atoms with E-state index in [9.17, 15) is 4.79 Å². The highest BCUT2D eigenvalue weighted by molar-refractivity contribution is 7.14. The molecule has 2 heterocycles. The number of likely N-dealkylation sites (tertiary alicyclic amines) is 1. The van der Waals surface area contributed by atoms with E-state index < -0.39 is 0 Å². The van der Waals surface area contributed by atoms with Crippen LogP contribution in [0, 0.1) is 18.8 Å². The number of nitrogens with zero attached hydrogens (tertiary/aromatic N) is 1. The van der Waals surface area contributed by atoms with E-state index in [1.165, 1.54) is 11.3 Å². The zero-order chi connectivity index (χ0) is 12.6. The zero-order valence-electron chi connectivity index (χ0n) is 10.7. The topological polar surface area (TPSA) is 46.3 Å². The fraction of sp³-hybridized carbons (Fsp3) is 0.615. The van der Waals surface area contributed by atoms with Gasteiger partial charge in [-0.05, 0) is 31.2 Å². The second-order valence-electron chi connectivity index (χ2n) is 5.12. The summed E-state index contributed by atoms with van der Waals surface area (Å²) in [6, 6.07) is 1.81. The Kier molecular flexibility index (Phi) is 3.43. The molecule has 0 aromatic carbocycles. The van der Waals surface area contributed by atoms with Crippen molar-refractivity contribution < 1.29 is 4.79 Å². The molecule has 1 aliphatic heterocycles. The number of carbonyl (C=O) groups is 1. The first-order chi connectivity index (χ1) is 7.99. The highest BCUT2D eigenvalue weighted by Crippen LogP contribution is 2.28. The monoisotopic (exact) mass is 252 g/mol. The Morgan fingerprint density at radius 1 is 1.47 bits per heavy atom. The number of amides is 1. The molecule has 0 radical (unpaired) electrons. The molecular weight excluding hydrogens is 232 g/mol. The van der Waals surface area contributed by atoms with E-state index in [0.29, 0.717) is 11.8 Å². The Bertz CT molecular complexity index is 408. The molecule has 17 heavy (non-hydrogen) atoms. The van der Waals surface area contributed by atoms with Gasteiger partial charge in [0.1, 0.15) is 0 Å². The lowest BCUT2D eigenvalue weighted by molar-refractivity contribution is 0.0632. The van der Waals surface area contributed by atoms with Gasteiger partial charge in [0.25, 0.3) is 5.91 Å². The second-order valence-corrected chi connectivity index (χ2v) is 6.37. The highest BCUT2D eigenvalue weighted by atomic mass is 32.1. The van der Waals surface area contributed by atoms with Crippen LogP contribution in [0.15, 0.2) is 6.07 Å². The van der Waals surface area contributed by atoms with E-state index in [2.05, 4.69) is 13.8 Å². The summed E-state index contributed by atoms with van der Waals surface area (Å²) in [5.74, 6) is 1.45. The van der Waals surface area contributed by atoms with E-state index in [0.717, 1.165) is 35.0 Å². The summed E-state index contributed by atoms with van der Waals surface area (Å²) in [5, 5.41) is 0. The number of carbonyl (C=O) groups excluding carboxylic acids is 1. The van der Waals surface area contributed by atoms with E-state index in [1.54, 1.807) is 0 Å². The molecule has 0 spiro atoms. The van der Waals surface area contributed by atoms with E-state index >= 15 is 0 Å². The van der Waals surface area contributed by atoms with Gasteiger partial charge < -0.3 is 10.6 Å². The van der Waals surface area contributed by atoms with E-state index in [1.807, 2.05) is 17.9 Å². The van der Waals surface area contributed by atoms with Crippen LogP contribution in [0.1, 0.15) is 34.8 Å². The number of thiophene rings is 1. The molecule has 94 valence electrons. The van der Waals surface area contributed by atoms with Gasteiger partial charge in [-0.1, -0.05) is 13.8 Å². The summed E-state index contributed by atoms with van der Waals surface area (Å²) in [4.78, 5) is 16.1. The molecule has 1 aliphatic rings. The minimum absolute atomic E-state index is 0.147. The van der Waals surface area contributed by atoms with Gasteiger partial charge in [-0.3, -0.25) is 4.79 Å². The summed E-state index contributed by atoms with van der Waals surface area (Å²) in [5.41, 5.74) is 6.53. The minimum Gasteiger partial charge on any atom is -0.398 e. The second kappa shape index (κ2) is 4.69. The van der Waals surface area contributed by atoms with Crippen LogP contribution in [0.25, 0.3) is 0 Å². The third-order valence-electron chi connectivity index (χ3n) is 3.79. The number of anilines is 1. The van der Waals surface area contributed by atoms with Crippen LogP contribution in [0.2, 0.25) is 0 Å². The Morgan fingerprint density at radius 3 is 2.71 bits per heavy atom. The van der Waals surface area contributed by atoms with Gasteiger partial charge in [0.15, 0.2) is 0 Å². The van der Waals surface area contributed by atoms with Crippen molar-refractivity contribution in [3.05, 3.63) is 15.8 Å². The molecule has 2 atom stereocenters. The first-order valence-corrected chi connectivity index (χ1v) is 6.96. The average molecular weight is 252 g/mol. The molecule has 1 aromatic rings. The van der Waals surface area contributed by atoms with Crippen LogP contribution >= 0.6 is 11.3 Å². The summed E-state index contributed by atoms with van der Waals surface area (Å²) < 4.78 is 0. The Morgan fingerprint density at radius 2 is 2.18 bits per heavy atom. The molecule has 0 aliphatic carbocycles. The molecule has 0 bridgehead atoms. The maximum atomic E-state index is 12.3. The first-order valence-electron chi connectivity index (χ1n) is 6.14. The van der Waals surface area contributed by atoms with E-state index in [4.69, 9.17) is 5.73 Å². The van der Waals surface area contributed by atoms with Gasteiger partial charge in [0.2, 0.25) is 0 Å². The van der Waals surface area contributed by atoms with E-state index in [-0.39, 0.29) is 5.91 Å². The average Bonchev–Trinajstić information content (AvgIpc) is 2.62. The predicted octanol–water partition coefficient (Wildman–Crippen LogP) is 2.76. The van der Waals surface area contributed by atoms with Crippen LogP contribution in [0.3, 0.4) is 0 Å². The molecule has 1 amide bonds. The van der Waals surface area contributed by atoms with Crippen molar-refractivity contribution in [2.75, 3.05) is 18.8 Å². The van der Waals surface area contributed by atoms with Crippen LogP contribution in [-0.2, 0) is 0 Å². The number of nitrogen functional groups attached to an aromatic ring is 1. The highest BCUT2D eigenvalue weighted by Gasteiger charge is 2.27. The van der Waals surface area contributed by atoms with Crippen molar-refractivity contribution in [1.82, 2.24) is 4.90 Å². The lowest BCUT2D eigenvalue weighted by atomic mass is 9.88. The van der Waals surface area contributed by atoms with Crippen molar-refractivity contribution in [1.29, 1.82) is 0 Å². The molecule has 1 aromatic heterocycles. The van der Waals surface area contributed by atoms with Crippen LogP contribution < -0.4 is 5.73 Å². The lowest BCUT2D eigenvalue weighted by Gasteiger charge is -2.35. The maximum absolute atomic E-state index is 12.3. The number of rotatable bonds is 1. The SMILES string of the molecule is Cc1sc(C(=O)N2CCC(C)C(C)C2)cc1N. The summed E-state index contributed by atoms with van der Waals surface area (Å²) >= 11 is 1.50. The number of piperidine rings is 1. The van der Waals surface area contributed by atoms with Crippen molar-refractivity contribution in [3.63, 3.8) is 0 Å². The van der Waals surface area contributed by atoms with Crippen molar-refractivity contribution in [2.45, 2.75) is 27.2 Å². The third-order valence-corrected chi connectivity index (χ3v) is 4.84. The third kappa shape index (κ3) is 2.46. The quantitative estimate of drug-likeness (QED) is 0.835. The lowest BCUT2D eigenvalue weighted by Crippen LogP contribution is -2.41. The van der Waals surface area contributed by atoms with Crippen LogP contribution in [0.4, 0.5) is 5.69 Å². The fourth-order valence-electron chi connectivity index (χ4n) is 2.20. The molecular formula is C13H20N2OS. The fourth-order valence-corrected chi connectivity index (χ4v) is 3.11. The molecule has 1 fully saturated rings. The summed E-state index contributed by atoms with van der Waals surface area (Å²) in [7, 11) is 0. The molecule has 0 saturated carbocycles. The molecule has 3 nitrogen and oxygen atoms in total. The molecule has 1 saturated heterocycles. The van der Waals surface area contributed by atoms with Gasteiger partial charge >= 0.3 is 0 Å². The van der Waals surface area contributed by atoms with Crippen molar-refractivity contribution in [2.24, 2.45) is 11.8 Å². The van der Waals surface area contributed by atoms with Gasteiger partial charge in [-0.2, -0.15) is 0 Å². The van der Waals surface area contributed by atoms with Crippen LogP contribution in [0.5, 0.6) is 0 Å². The predicted molar refractivity (Wildman–Crippen MR) is 72.3 cm³/mol. The standard InChI is InChI=1S/C13H20N2OS/c1-8-4-5-15(7-9(8)2)13(16)12-6-11(14)10(3)17-12/h6,8-9H,4-5,7,14H2,1-3H3. The van der Waals surface area contributed by atoms with Crippen molar-refractivity contribution >= 4 is 22.9 Å². The van der Waals surface area contributed by atoms with Crippen LogP contribution in [-0.4, -0.2) is 23.9 Å². The smallest absolute Gasteiger partial charge is 0.264 e. The summed E-state index contributed by atoms with van der Waals surface area (Å²) in [6.07, 6.45) is 1.10. The van der Waals surface area contributed by atoms with Gasteiger partial charge in [0, 0.05) is 23.7 Å². The minimum atomic E-state index is 0.147. The largest absolute Gasteiger partial charge is 0.398 e. The molecule has 2 rings (SSSR count). The number of aryl methyl sites for hydroxylation is 1. The first kappa shape index (κ1) is 12.4. The number of nitrogens with two attached hydrogens (primary N) is 1. The Hall–Kier alpha value is -1.03. The Balaban J connectivity index is 2.10. The normalized spacial score (nSPS) is 25.0. The summed E-state index contributed by atoms with van der Waals surface area (Å²) in [6.45, 7) is 8.19. The molecule has 4 heteroatoms. The zero-order valence-corrected chi connectivity index (χ0v) is 11.5. The van der Waals surface area contributed by atoms with Crippen molar-refractivity contribution in [3.8, 4) is 0 Å². The van der Waals surface area contributed by atoms with Gasteiger partial charge in [-0.15, -0.1) is 11.3 Å². The molecule has 2 N–H and O–H groups in total. The number of hydrogen-bond donors (Lipinski definition) is 1. The maximum Gasteiger partial charge on any atom is 0.264 e. The molecule has 2 unspecified atom stereocenters. The van der Waals surface area contributed by atoms with Gasteiger partial charge in [0.05, 0.1) is 4.88 Å².